The van der Waals surface area contributed by atoms with Crippen LogP contribution >= 0.6 is 0 Å². The van der Waals surface area contributed by atoms with Crippen molar-refractivity contribution in [2.24, 2.45) is 5.18 Å². The summed E-state index contributed by atoms with van der Waals surface area (Å²) in [6.45, 7) is 1.94. The summed E-state index contributed by atoms with van der Waals surface area (Å²) >= 11 is 0. The molecule has 0 radical (unpaired) electrons. The van der Waals surface area contributed by atoms with Gasteiger partial charge in [0.05, 0.1) is 17.6 Å². The van der Waals surface area contributed by atoms with Gasteiger partial charge in [0, 0.05) is 6.20 Å². The van der Waals surface area contributed by atoms with Crippen LogP contribution in [0.25, 0.3) is 0 Å². The van der Waals surface area contributed by atoms with Crippen molar-refractivity contribution in [2.45, 2.75) is 13.5 Å². The van der Waals surface area contributed by atoms with Gasteiger partial charge in [-0.2, -0.15) is 4.91 Å². The van der Waals surface area contributed by atoms with Crippen LogP contribution < -0.4 is 0 Å². The van der Waals surface area contributed by atoms with Crippen LogP contribution in [0.15, 0.2) is 17.6 Å². The van der Waals surface area contributed by atoms with Gasteiger partial charge in [0.1, 0.15) is 6.54 Å². The van der Waals surface area contributed by atoms with Gasteiger partial charge < -0.3 is 0 Å². The van der Waals surface area contributed by atoms with E-state index in [1.165, 1.54) is 0 Å². The summed E-state index contributed by atoms with van der Waals surface area (Å²) in [6, 6.07) is 0. The Bertz CT molecular complexity index is 219. The average molecular weight is 137 g/mol. The zero-order chi connectivity index (χ0) is 7.40. The van der Waals surface area contributed by atoms with Gasteiger partial charge in [0.2, 0.25) is 0 Å². The number of rotatable bonds is 2. The molecule has 0 atom stereocenters. The Morgan fingerprint density at radius 2 is 2.30 bits per heavy atom. The second-order valence-corrected chi connectivity index (χ2v) is 1.94. The first-order chi connectivity index (χ1) is 4.83. The van der Waals surface area contributed by atoms with E-state index >= 15 is 0 Å². The molecule has 0 saturated carbocycles. The lowest BCUT2D eigenvalue weighted by atomic mass is 10.4. The standard InChI is InChI=1S/C6H7N3O/c1-5-2-8-6(3-7-5)4-9-10/h2-3H,4H2,1H3. The Morgan fingerprint density at radius 3 is 2.80 bits per heavy atom. The maximum Gasteiger partial charge on any atom is 0.125 e. The zero-order valence-electron chi connectivity index (χ0n) is 5.61. The predicted molar refractivity (Wildman–Crippen MR) is 36.3 cm³/mol. The first-order valence-corrected chi connectivity index (χ1v) is 2.89. The Kier molecular flexibility index (Phi) is 2.04. The fourth-order valence-electron chi connectivity index (χ4n) is 0.567. The number of hydrogen-bond acceptors (Lipinski definition) is 4. The smallest absolute Gasteiger partial charge is 0.125 e. The molecule has 0 fully saturated rings. The molecule has 1 rings (SSSR count). The predicted octanol–water partition coefficient (Wildman–Crippen LogP) is 1.05. The van der Waals surface area contributed by atoms with E-state index in [1.807, 2.05) is 6.92 Å². The number of aromatic nitrogens is 2. The van der Waals surface area contributed by atoms with Gasteiger partial charge in [-0.15, -0.1) is 0 Å². The van der Waals surface area contributed by atoms with Crippen molar-refractivity contribution in [1.82, 2.24) is 9.97 Å². The van der Waals surface area contributed by atoms with Gasteiger partial charge in [-0.25, -0.2) is 0 Å². The number of aryl methyl sites for hydroxylation is 1. The topological polar surface area (TPSA) is 55.2 Å². The molecule has 0 N–H and O–H groups in total. The summed E-state index contributed by atoms with van der Waals surface area (Å²) in [4.78, 5) is 17.6. The molecule has 4 nitrogen and oxygen atoms in total. The van der Waals surface area contributed by atoms with Crippen LogP contribution in [0.1, 0.15) is 11.4 Å². The highest BCUT2D eigenvalue weighted by atomic mass is 16.3. The van der Waals surface area contributed by atoms with E-state index in [1.54, 1.807) is 12.4 Å². The first-order valence-electron chi connectivity index (χ1n) is 2.89. The Morgan fingerprint density at radius 1 is 1.50 bits per heavy atom. The minimum atomic E-state index is 0.104. The van der Waals surface area contributed by atoms with Crippen molar-refractivity contribution < 1.29 is 0 Å². The van der Waals surface area contributed by atoms with Crippen LogP contribution in [-0.2, 0) is 6.54 Å². The minimum absolute atomic E-state index is 0.104. The molecule has 0 amide bonds. The van der Waals surface area contributed by atoms with E-state index in [0.717, 1.165) is 5.69 Å². The van der Waals surface area contributed by atoms with Crippen molar-refractivity contribution >= 4 is 0 Å². The monoisotopic (exact) mass is 137 g/mol. The first kappa shape index (κ1) is 6.80. The van der Waals surface area contributed by atoms with Crippen molar-refractivity contribution in [2.75, 3.05) is 0 Å². The Labute approximate surface area is 58.3 Å². The molecular weight excluding hydrogens is 130 g/mol. The molecular formula is C6H7N3O. The molecule has 1 heterocycles. The Balaban J connectivity index is 2.78. The summed E-state index contributed by atoms with van der Waals surface area (Å²) in [5, 5.41) is 2.68. The second kappa shape index (κ2) is 3.00. The third kappa shape index (κ3) is 1.58. The fourth-order valence-corrected chi connectivity index (χ4v) is 0.567. The minimum Gasteiger partial charge on any atom is -0.258 e. The lowest BCUT2D eigenvalue weighted by Gasteiger charge is -1.91. The van der Waals surface area contributed by atoms with Crippen LogP contribution in [0.2, 0.25) is 0 Å². The van der Waals surface area contributed by atoms with Gasteiger partial charge in [-0.3, -0.25) is 9.97 Å². The van der Waals surface area contributed by atoms with E-state index < -0.39 is 0 Å². The van der Waals surface area contributed by atoms with Gasteiger partial charge in [0.15, 0.2) is 0 Å². The maximum absolute atomic E-state index is 9.74. The summed E-state index contributed by atoms with van der Waals surface area (Å²) < 4.78 is 0. The van der Waals surface area contributed by atoms with E-state index in [4.69, 9.17) is 0 Å². The van der Waals surface area contributed by atoms with Gasteiger partial charge in [0.25, 0.3) is 0 Å². The Hall–Kier alpha value is -1.32. The summed E-state index contributed by atoms with van der Waals surface area (Å²) in [5.74, 6) is 0. The summed E-state index contributed by atoms with van der Waals surface area (Å²) in [7, 11) is 0. The lowest BCUT2D eigenvalue weighted by molar-refractivity contribution is 0.941. The highest BCUT2D eigenvalue weighted by Crippen LogP contribution is 1.94. The third-order valence-electron chi connectivity index (χ3n) is 1.06. The van der Waals surface area contributed by atoms with Crippen LogP contribution in [0.5, 0.6) is 0 Å². The lowest BCUT2D eigenvalue weighted by Crippen LogP contribution is -1.89. The molecule has 1 aromatic rings. The van der Waals surface area contributed by atoms with Gasteiger partial charge in [-0.05, 0) is 6.92 Å². The molecule has 0 bridgehead atoms. The molecule has 0 aliphatic heterocycles. The molecule has 0 spiro atoms. The molecule has 52 valence electrons. The van der Waals surface area contributed by atoms with Crippen molar-refractivity contribution in [3.8, 4) is 0 Å². The fraction of sp³-hybridized carbons (Fsp3) is 0.333. The van der Waals surface area contributed by atoms with Crippen LogP contribution in [0, 0.1) is 11.8 Å². The maximum atomic E-state index is 9.74. The normalized spacial score (nSPS) is 9.30. The number of nitrogens with zero attached hydrogens (tertiary/aromatic N) is 3. The molecule has 10 heavy (non-hydrogen) atoms. The largest absolute Gasteiger partial charge is 0.258 e. The van der Waals surface area contributed by atoms with Crippen molar-refractivity contribution in [3.63, 3.8) is 0 Å². The molecule has 1 aromatic heterocycles. The highest BCUT2D eigenvalue weighted by Gasteiger charge is 1.91. The summed E-state index contributed by atoms with van der Waals surface area (Å²) in [6.07, 6.45) is 3.16. The summed E-state index contributed by atoms with van der Waals surface area (Å²) in [5.41, 5.74) is 1.45. The van der Waals surface area contributed by atoms with E-state index in [2.05, 4.69) is 15.1 Å². The third-order valence-corrected chi connectivity index (χ3v) is 1.06. The molecule has 4 heteroatoms. The number of hydrogen-bond donors (Lipinski definition) is 0. The van der Waals surface area contributed by atoms with E-state index in [0.29, 0.717) is 5.69 Å². The molecule has 0 unspecified atom stereocenters. The molecule has 0 aliphatic carbocycles. The SMILES string of the molecule is Cc1cnc(CN=O)cn1. The molecule has 0 aliphatic rings. The average Bonchev–Trinajstić information content (AvgIpc) is 1.95. The van der Waals surface area contributed by atoms with E-state index in [9.17, 15) is 4.91 Å². The van der Waals surface area contributed by atoms with Crippen molar-refractivity contribution in [3.05, 3.63) is 28.7 Å². The quantitative estimate of drug-likeness (QED) is 0.572. The second-order valence-electron chi connectivity index (χ2n) is 1.94. The van der Waals surface area contributed by atoms with Crippen LogP contribution in [0.3, 0.4) is 0 Å². The zero-order valence-corrected chi connectivity index (χ0v) is 5.61. The van der Waals surface area contributed by atoms with E-state index in [-0.39, 0.29) is 6.54 Å². The molecule has 0 saturated heterocycles. The number of nitroso groups, excluding NO2 is 1. The van der Waals surface area contributed by atoms with Crippen LogP contribution in [0.4, 0.5) is 0 Å². The highest BCUT2D eigenvalue weighted by molar-refractivity contribution is 4.99. The van der Waals surface area contributed by atoms with Crippen LogP contribution in [-0.4, -0.2) is 9.97 Å². The molecule has 0 aromatic carbocycles. The van der Waals surface area contributed by atoms with Gasteiger partial charge >= 0.3 is 0 Å². The van der Waals surface area contributed by atoms with Gasteiger partial charge in [-0.1, -0.05) is 5.18 Å². The van der Waals surface area contributed by atoms with Crippen molar-refractivity contribution in [1.29, 1.82) is 0 Å².